The Kier molecular flexibility index (Phi) is 7.27. The van der Waals surface area contributed by atoms with Crippen LogP contribution in [0, 0.1) is 0 Å². The lowest BCUT2D eigenvalue weighted by Gasteiger charge is -2.17. The molecule has 0 bridgehead atoms. The van der Waals surface area contributed by atoms with Gasteiger partial charge >= 0.3 is 0 Å². The van der Waals surface area contributed by atoms with Gasteiger partial charge in [-0.05, 0) is 60.2 Å². The fourth-order valence-corrected chi connectivity index (χ4v) is 3.92. The van der Waals surface area contributed by atoms with Gasteiger partial charge in [-0.1, -0.05) is 28.1 Å². The van der Waals surface area contributed by atoms with Crippen LogP contribution in [0.3, 0.4) is 0 Å². The lowest BCUT2D eigenvalue weighted by molar-refractivity contribution is 0.0964. The molecule has 1 aromatic heterocycles. The molecular weight excluding hydrogens is 498 g/mol. The Morgan fingerprint density at radius 3 is 2.24 bits per heavy atom. The van der Waals surface area contributed by atoms with E-state index in [0.717, 1.165) is 15.6 Å². The van der Waals surface area contributed by atoms with Crippen molar-refractivity contribution in [1.29, 1.82) is 0 Å². The molecule has 7 nitrogen and oxygen atoms in total. The average molecular weight is 522 g/mol. The van der Waals surface area contributed by atoms with E-state index < -0.39 is 6.04 Å². The summed E-state index contributed by atoms with van der Waals surface area (Å²) in [6.07, 6.45) is 1.86. The molecule has 1 atom stereocenters. The fraction of sp³-hybridized carbons (Fsp3) is 0.192. The highest BCUT2D eigenvalue weighted by atomic mass is 79.9. The van der Waals surface area contributed by atoms with Crippen LogP contribution in [0.5, 0.6) is 17.2 Å². The topological polar surface area (TPSA) is 75.5 Å². The van der Waals surface area contributed by atoms with E-state index in [0.29, 0.717) is 28.5 Å². The summed E-state index contributed by atoms with van der Waals surface area (Å²) in [6, 6.07) is 20.0. The van der Waals surface area contributed by atoms with Gasteiger partial charge in [0, 0.05) is 22.0 Å². The lowest BCUT2D eigenvalue weighted by atomic mass is 9.98. The maximum absolute atomic E-state index is 13.2. The lowest BCUT2D eigenvalue weighted by Crippen LogP contribution is -2.18. The summed E-state index contributed by atoms with van der Waals surface area (Å²) in [5.74, 6) is 2.02. The van der Waals surface area contributed by atoms with E-state index in [1.54, 1.807) is 56.6 Å². The maximum Gasteiger partial charge on any atom is 0.165 e. The van der Waals surface area contributed by atoms with Crippen molar-refractivity contribution in [2.75, 3.05) is 21.3 Å². The molecule has 0 saturated heterocycles. The van der Waals surface area contributed by atoms with Gasteiger partial charge in [-0.2, -0.15) is 15.0 Å². The summed E-state index contributed by atoms with van der Waals surface area (Å²) in [7, 11) is 4.81. The van der Waals surface area contributed by atoms with Gasteiger partial charge in [0.2, 0.25) is 0 Å². The number of methoxy groups -OCH3 is 3. The molecule has 4 aromatic rings. The van der Waals surface area contributed by atoms with E-state index in [4.69, 9.17) is 19.3 Å². The molecule has 0 amide bonds. The number of hydrogen-bond donors (Lipinski definition) is 0. The number of aromatic nitrogens is 3. The highest BCUT2D eigenvalue weighted by Crippen LogP contribution is 2.33. The molecule has 0 N–H and O–H groups in total. The fourth-order valence-electron chi connectivity index (χ4n) is 3.65. The first kappa shape index (κ1) is 23.5. The Labute approximate surface area is 206 Å². The van der Waals surface area contributed by atoms with Crippen LogP contribution in [0.1, 0.15) is 28.4 Å². The van der Waals surface area contributed by atoms with Crippen LogP contribution in [-0.2, 0) is 0 Å². The van der Waals surface area contributed by atoms with E-state index in [1.165, 1.54) is 0 Å². The first-order chi connectivity index (χ1) is 16.5. The quantitative estimate of drug-likeness (QED) is 0.267. The number of halogens is 1. The van der Waals surface area contributed by atoms with Gasteiger partial charge in [0.15, 0.2) is 5.78 Å². The van der Waals surface area contributed by atoms with E-state index >= 15 is 0 Å². The molecule has 3 aromatic carbocycles. The Balaban J connectivity index is 1.70. The summed E-state index contributed by atoms with van der Waals surface area (Å²) in [6.45, 7) is 0. The number of ketones is 1. The third-order valence-electron chi connectivity index (χ3n) is 5.52. The summed E-state index contributed by atoms with van der Waals surface area (Å²) < 4.78 is 17.0. The van der Waals surface area contributed by atoms with Crippen LogP contribution in [-0.4, -0.2) is 42.1 Å². The number of Topliss-reactive ketones (excluding diaryl/α,β-unsaturated/α-hetero) is 1. The van der Waals surface area contributed by atoms with Crippen LogP contribution in [0.15, 0.2) is 77.4 Å². The largest absolute Gasteiger partial charge is 0.497 e. The molecule has 1 unspecified atom stereocenters. The zero-order chi connectivity index (χ0) is 24.1. The second kappa shape index (κ2) is 10.5. The molecule has 4 rings (SSSR count). The maximum atomic E-state index is 13.2. The van der Waals surface area contributed by atoms with Gasteiger partial charge in [0.05, 0.1) is 27.5 Å². The predicted octanol–water partition coefficient (Wildman–Crippen LogP) is 5.60. The average Bonchev–Trinajstić information content (AvgIpc) is 3.37. The second-order valence-electron chi connectivity index (χ2n) is 7.54. The van der Waals surface area contributed by atoms with Crippen molar-refractivity contribution in [1.82, 2.24) is 15.0 Å². The van der Waals surface area contributed by atoms with E-state index in [1.807, 2.05) is 42.5 Å². The second-order valence-corrected chi connectivity index (χ2v) is 8.46. The molecular formula is C26H24BrN3O4. The number of rotatable bonds is 9. The minimum Gasteiger partial charge on any atom is -0.497 e. The van der Waals surface area contributed by atoms with Crippen molar-refractivity contribution in [3.05, 3.63) is 88.5 Å². The SMILES string of the molecule is COc1ccc(C(=O)CC(c2ccc(Br)cc2)n2ncc(-c3cc(OC)ccc3OC)n2)cc1. The Hall–Kier alpha value is -3.65. The van der Waals surface area contributed by atoms with Crippen LogP contribution >= 0.6 is 15.9 Å². The third-order valence-corrected chi connectivity index (χ3v) is 6.04. The molecule has 0 saturated carbocycles. The summed E-state index contributed by atoms with van der Waals surface area (Å²) in [5.41, 5.74) is 2.90. The molecule has 0 aliphatic heterocycles. The summed E-state index contributed by atoms with van der Waals surface area (Å²) in [4.78, 5) is 14.8. The van der Waals surface area contributed by atoms with Crippen LogP contribution in [0.4, 0.5) is 0 Å². The number of hydrogen-bond acceptors (Lipinski definition) is 6. The molecule has 0 radical (unpaired) electrons. The Bertz CT molecular complexity index is 1270. The van der Waals surface area contributed by atoms with Gasteiger partial charge in [0.1, 0.15) is 29.0 Å². The minimum absolute atomic E-state index is 0.0200. The summed E-state index contributed by atoms with van der Waals surface area (Å²) >= 11 is 3.47. The molecule has 174 valence electrons. The summed E-state index contributed by atoms with van der Waals surface area (Å²) in [5, 5.41) is 9.25. The van der Waals surface area contributed by atoms with Crippen LogP contribution in [0.25, 0.3) is 11.3 Å². The molecule has 0 aliphatic carbocycles. The Morgan fingerprint density at radius 1 is 0.912 bits per heavy atom. The van der Waals surface area contributed by atoms with Gasteiger partial charge in [-0.15, -0.1) is 0 Å². The molecule has 34 heavy (non-hydrogen) atoms. The Morgan fingerprint density at radius 2 is 1.59 bits per heavy atom. The molecule has 0 spiro atoms. The highest BCUT2D eigenvalue weighted by Gasteiger charge is 2.22. The number of benzene rings is 3. The smallest absolute Gasteiger partial charge is 0.165 e. The molecule has 0 aliphatic rings. The van der Waals surface area contributed by atoms with Gasteiger partial charge in [0.25, 0.3) is 0 Å². The van der Waals surface area contributed by atoms with E-state index in [2.05, 4.69) is 21.0 Å². The number of carbonyl (C=O) groups is 1. The van der Waals surface area contributed by atoms with Crippen molar-refractivity contribution in [2.24, 2.45) is 0 Å². The first-order valence-electron chi connectivity index (χ1n) is 10.6. The molecule has 8 heteroatoms. The van der Waals surface area contributed by atoms with Crippen LogP contribution in [0.2, 0.25) is 0 Å². The van der Waals surface area contributed by atoms with Crippen LogP contribution < -0.4 is 14.2 Å². The highest BCUT2D eigenvalue weighted by molar-refractivity contribution is 9.10. The van der Waals surface area contributed by atoms with E-state index in [-0.39, 0.29) is 12.2 Å². The van der Waals surface area contributed by atoms with Crippen molar-refractivity contribution in [3.8, 4) is 28.5 Å². The van der Waals surface area contributed by atoms with Crippen molar-refractivity contribution < 1.29 is 19.0 Å². The van der Waals surface area contributed by atoms with E-state index in [9.17, 15) is 4.79 Å². The number of ether oxygens (including phenoxy) is 3. The molecule has 0 fully saturated rings. The normalized spacial score (nSPS) is 11.6. The predicted molar refractivity (Wildman–Crippen MR) is 133 cm³/mol. The third kappa shape index (κ3) is 5.12. The van der Waals surface area contributed by atoms with Gasteiger partial charge in [-0.25, -0.2) is 0 Å². The van der Waals surface area contributed by atoms with Gasteiger partial charge < -0.3 is 14.2 Å². The first-order valence-corrected chi connectivity index (χ1v) is 11.4. The van der Waals surface area contributed by atoms with Gasteiger partial charge in [-0.3, -0.25) is 4.79 Å². The minimum atomic E-state index is -0.395. The standard InChI is InChI=1S/C26H24BrN3O4/c1-32-20-10-6-18(7-11-20)25(31)15-24(17-4-8-19(27)9-5-17)30-28-16-23(29-30)22-14-21(33-2)12-13-26(22)34-3/h4-14,16,24H,15H2,1-3H3. The van der Waals surface area contributed by atoms with Crippen molar-refractivity contribution >= 4 is 21.7 Å². The number of nitrogens with zero attached hydrogens (tertiary/aromatic N) is 3. The van der Waals surface area contributed by atoms with Crippen molar-refractivity contribution in [3.63, 3.8) is 0 Å². The zero-order valence-corrected chi connectivity index (χ0v) is 20.7. The van der Waals surface area contributed by atoms with Crippen molar-refractivity contribution in [2.45, 2.75) is 12.5 Å². The number of carbonyl (C=O) groups excluding carboxylic acids is 1. The molecule has 1 heterocycles. The zero-order valence-electron chi connectivity index (χ0n) is 19.1. The monoisotopic (exact) mass is 521 g/mol.